The van der Waals surface area contributed by atoms with Gasteiger partial charge in [0.2, 0.25) is 0 Å². The molecule has 0 atom stereocenters. The minimum atomic E-state index is -0.130. The van der Waals surface area contributed by atoms with E-state index >= 15 is 0 Å². The molecule has 3 aromatic rings. The van der Waals surface area contributed by atoms with Gasteiger partial charge in [0, 0.05) is 49.7 Å². The zero-order valence-electron chi connectivity index (χ0n) is 17.2. The van der Waals surface area contributed by atoms with Crippen molar-refractivity contribution in [1.29, 1.82) is 0 Å². The smallest absolute Gasteiger partial charge is 0.251 e. The Kier molecular flexibility index (Phi) is 10.3. The molecule has 0 radical (unpaired) electrons. The van der Waals surface area contributed by atoms with Gasteiger partial charge in [0.25, 0.3) is 5.91 Å². The molecule has 3 N–H and O–H groups in total. The Bertz CT molecular complexity index is 959. The van der Waals surface area contributed by atoms with Crippen LogP contribution in [-0.4, -0.2) is 48.3 Å². The van der Waals surface area contributed by atoms with Crippen LogP contribution in [0.1, 0.15) is 15.9 Å². The summed E-state index contributed by atoms with van der Waals surface area (Å²) in [5.74, 6) is 0.568. The zero-order valence-corrected chi connectivity index (χ0v) is 20.3. The molecular formula is C22H26ClIN6O. The van der Waals surface area contributed by atoms with Crippen molar-refractivity contribution in [3.05, 3.63) is 83.1 Å². The highest BCUT2D eigenvalue weighted by Crippen LogP contribution is 2.09. The average molecular weight is 553 g/mol. The van der Waals surface area contributed by atoms with Gasteiger partial charge in [-0.2, -0.15) is 5.10 Å². The second-order valence-corrected chi connectivity index (χ2v) is 6.99. The van der Waals surface area contributed by atoms with E-state index in [0.29, 0.717) is 29.6 Å². The molecule has 0 fully saturated rings. The van der Waals surface area contributed by atoms with E-state index in [1.807, 2.05) is 16.9 Å². The van der Waals surface area contributed by atoms with E-state index in [1.54, 1.807) is 37.5 Å². The van der Waals surface area contributed by atoms with Gasteiger partial charge < -0.3 is 16.0 Å². The summed E-state index contributed by atoms with van der Waals surface area (Å²) in [6, 6.07) is 17.0. The second-order valence-electron chi connectivity index (χ2n) is 6.56. The van der Waals surface area contributed by atoms with Crippen molar-refractivity contribution in [3.8, 4) is 5.69 Å². The maximum atomic E-state index is 12.1. The predicted molar refractivity (Wildman–Crippen MR) is 136 cm³/mol. The van der Waals surface area contributed by atoms with Crippen molar-refractivity contribution in [2.75, 3.05) is 26.7 Å². The van der Waals surface area contributed by atoms with Gasteiger partial charge in [-0.1, -0.05) is 23.7 Å². The number of rotatable bonds is 8. The van der Waals surface area contributed by atoms with Crippen molar-refractivity contribution in [1.82, 2.24) is 25.7 Å². The molecule has 1 heterocycles. The summed E-state index contributed by atoms with van der Waals surface area (Å²) < 4.78 is 1.83. The fourth-order valence-corrected chi connectivity index (χ4v) is 2.97. The third-order valence-corrected chi connectivity index (χ3v) is 4.70. The van der Waals surface area contributed by atoms with E-state index < -0.39 is 0 Å². The quantitative estimate of drug-likeness (QED) is 0.173. The number of halogens is 2. The van der Waals surface area contributed by atoms with E-state index in [2.05, 4.69) is 50.3 Å². The van der Waals surface area contributed by atoms with E-state index in [4.69, 9.17) is 11.6 Å². The summed E-state index contributed by atoms with van der Waals surface area (Å²) in [7, 11) is 1.72. The van der Waals surface area contributed by atoms with Gasteiger partial charge in [0.05, 0.1) is 5.69 Å². The third kappa shape index (κ3) is 7.87. The van der Waals surface area contributed by atoms with Crippen molar-refractivity contribution in [2.24, 2.45) is 4.99 Å². The van der Waals surface area contributed by atoms with Gasteiger partial charge in [-0.25, -0.2) is 4.68 Å². The highest BCUT2D eigenvalue weighted by atomic mass is 127. The Labute approximate surface area is 204 Å². The van der Waals surface area contributed by atoms with Crippen LogP contribution < -0.4 is 16.0 Å². The molecule has 0 unspecified atom stereocenters. The monoisotopic (exact) mass is 552 g/mol. The highest BCUT2D eigenvalue weighted by molar-refractivity contribution is 14.0. The lowest BCUT2D eigenvalue weighted by atomic mass is 10.1. The number of nitrogens with zero attached hydrogens (tertiary/aromatic N) is 3. The van der Waals surface area contributed by atoms with Crippen LogP contribution in [-0.2, 0) is 6.42 Å². The number of guanidine groups is 1. The normalized spacial score (nSPS) is 10.8. The molecule has 0 saturated heterocycles. The molecule has 2 aromatic carbocycles. The number of carbonyl (C=O) groups is 1. The van der Waals surface area contributed by atoms with Crippen LogP contribution in [0.25, 0.3) is 5.69 Å². The first kappa shape index (κ1) is 24.7. The van der Waals surface area contributed by atoms with Crippen LogP contribution in [0.2, 0.25) is 5.02 Å². The lowest BCUT2D eigenvalue weighted by Gasteiger charge is -2.12. The van der Waals surface area contributed by atoms with Gasteiger partial charge in [0.15, 0.2) is 5.96 Å². The molecule has 3 rings (SSSR count). The summed E-state index contributed by atoms with van der Waals surface area (Å²) in [6.45, 7) is 1.80. The molecule has 164 valence electrons. The summed E-state index contributed by atoms with van der Waals surface area (Å²) in [5.41, 5.74) is 2.85. The lowest BCUT2D eigenvalue weighted by Crippen LogP contribution is -2.42. The molecule has 0 spiro atoms. The van der Waals surface area contributed by atoms with Gasteiger partial charge >= 0.3 is 0 Å². The number of nitrogens with one attached hydrogen (secondary N) is 3. The lowest BCUT2D eigenvalue weighted by molar-refractivity contribution is 0.0954. The SMILES string of the molecule is CN=C(NCCNC(=O)c1ccc(Cl)cc1)NCCc1ccc(-n2cccn2)cc1.I. The van der Waals surface area contributed by atoms with Crippen LogP contribution in [0.4, 0.5) is 0 Å². The fourth-order valence-electron chi connectivity index (χ4n) is 2.84. The first-order chi connectivity index (χ1) is 14.7. The minimum Gasteiger partial charge on any atom is -0.356 e. The maximum absolute atomic E-state index is 12.1. The molecule has 0 aliphatic rings. The molecular weight excluding hydrogens is 527 g/mol. The van der Waals surface area contributed by atoms with Crippen molar-refractivity contribution in [2.45, 2.75) is 6.42 Å². The number of aromatic nitrogens is 2. The van der Waals surface area contributed by atoms with Crippen LogP contribution in [0.3, 0.4) is 0 Å². The topological polar surface area (TPSA) is 83.3 Å². The van der Waals surface area contributed by atoms with Crippen molar-refractivity contribution >= 4 is 47.4 Å². The molecule has 0 saturated carbocycles. The molecule has 0 aliphatic heterocycles. The largest absolute Gasteiger partial charge is 0.356 e. The number of benzene rings is 2. The van der Waals surface area contributed by atoms with Gasteiger partial charge in [-0.3, -0.25) is 9.79 Å². The minimum absolute atomic E-state index is 0. The molecule has 1 aromatic heterocycles. The fraction of sp³-hybridized carbons (Fsp3) is 0.227. The van der Waals surface area contributed by atoms with E-state index in [-0.39, 0.29) is 29.9 Å². The number of hydrogen-bond acceptors (Lipinski definition) is 3. The van der Waals surface area contributed by atoms with Gasteiger partial charge in [-0.05, 0) is 54.4 Å². The Morgan fingerprint density at radius 1 is 1.00 bits per heavy atom. The number of amides is 1. The molecule has 0 bridgehead atoms. The molecule has 0 aliphatic carbocycles. The van der Waals surface area contributed by atoms with Crippen LogP contribution >= 0.6 is 35.6 Å². The first-order valence-electron chi connectivity index (χ1n) is 9.73. The molecule has 7 nitrogen and oxygen atoms in total. The summed E-state index contributed by atoms with van der Waals surface area (Å²) in [6.07, 6.45) is 4.55. The van der Waals surface area contributed by atoms with Crippen LogP contribution in [0.5, 0.6) is 0 Å². The van der Waals surface area contributed by atoms with E-state index in [9.17, 15) is 4.79 Å². The average Bonchev–Trinajstić information content (AvgIpc) is 3.31. The number of carbonyl (C=O) groups excluding carboxylic acids is 1. The van der Waals surface area contributed by atoms with Crippen LogP contribution in [0, 0.1) is 0 Å². The van der Waals surface area contributed by atoms with E-state index in [1.165, 1.54) is 5.56 Å². The number of aliphatic imine (C=N–C) groups is 1. The van der Waals surface area contributed by atoms with Crippen LogP contribution in [0.15, 0.2) is 72.0 Å². The number of hydrogen-bond donors (Lipinski definition) is 3. The zero-order chi connectivity index (χ0) is 21.2. The van der Waals surface area contributed by atoms with E-state index in [0.717, 1.165) is 18.7 Å². The Morgan fingerprint density at radius 2 is 1.68 bits per heavy atom. The summed E-state index contributed by atoms with van der Waals surface area (Å²) in [5, 5.41) is 14.2. The Hall–Kier alpha value is -2.59. The molecule has 1 amide bonds. The highest BCUT2D eigenvalue weighted by Gasteiger charge is 2.04. The standard InChI is InChI=1S/C22H25ClN6O.HI/c1-24-22(27-15-14-25-21(30)18-5-7-19(23)8-6-18)26-13-11-17-3-9-20(10-4-17)29-16-2-12-28-29;/h2-10,12,16H,11,13-15H2,1H3,(H,25,30)(H2,24,26,27);1H. The summed E-state index contributed by atoms with van der Waals surface area (Å²) in [4.78, 5) is 16.3. The van der Waals surface area contributed by atoms with Crippen molar-refractivity contribution < 1.29 is 4.79 Å². The maximum Gasteiger partial charge on any atom is 0.251 e. The summed E-state index contributed by atoms with van der Waals surface area (Å²) >= 11 is 5.84. The predicted octanol–water partition coefficient (Wildman–Crippen LogP) is 3.28. The first-order valence-corrected chi connectivity index (χ1v) is 10.1. The Balaban J connectivity index is 0.00000341. The van der Waals surface area contributed by atoms with Gasteiger partial charge in [0.1, 0.15) is 0 Å². The van der Waals surface area contributed by atoms with Gasteiger partial charge in [-0.15, -0.1) is 24.0 Å². The Morgan fingerprint density at radius 3 is 2.32 bits per heavy atom. The molecule has 9 heteroatoms. The third-order valence-electron chi connectivity index (χ3n) is 4.44. The second kappa shape index (κ2) is 13.0. The molecule has 31 heavy (non-hydrogen) atoms. The van der Waals surface area contributed by atoms with Crippen molar-refractivity contribution in [3.63, 3.8) is 0 Å².